The molecule has 0 saturated carbocycles. The number of amides is 1. The second kappa shape index (κ2) is 2.64. The molecule has 1 N–H and O–H groups in total. The van der Waals surface area contributed by atoms with Crippen molar-refractivity contribution in [3.8, 4) is 0 Å². The molecule has 0 aromatic rings. The topological polar surface area (TPSA) is 72.2 Å². The van der Waals surface area contributed by atoms with Crippen LogP contribution in [0.4, 0.5) is 0 Å². The third-order valence-corrected chi connectivity index (χ3v) is 1.54. The first-order valence-electron chi connectivity index (χ1n) is 3.10. The number of nitro groups is 1. The van der Waals surface area contributed by atoms with Crippen molar-refractivity contribution in [1.82, 2.24) is 5.32 Å². The van der Waals surface area contributed by atoms with Gasteiger partial charge in [0.2, 0.25) is 11.9 Å². The summed E-state index contributed by atoms with van der Waals surface area (Å²) < 4.78 is 0. The smallest absolute Gasteiger partial charge is 0.230 e. The molecule has 1 heterocycles. The Hall–Kier alpha value is -1.13. The van der Waals surface area contributed by atoms with Gasteiger partial charge in [-0.2, -0.15) is 0 Å². The van der Waals surface area contributed by atoms with E-state index < -0.39 is 6.04 Å². The summed E-state index contributed by atoms with van der Waals surface area (Å²) >= 11 is 0. The highest BCUT2D eigenvalue weighted by Gasteiger charge is 2.25. The van der Waals surface area contributed by atoms with Crippen molar-refractivity contribution in [2.24, 2.45) is 0 Å². The predicted octanol–water partition coefficient (Wildman–Crippen LogP) is -0.458. The van der Waals surface area contributed by atoms with E-state index in [0.29, 0.717) is 6.42 Å². The van der Waals surface area contributed by atoms with E-state index in [0.717, 1.165) is 0 Å². The number of hydrogen-bond acceptors (Lipinski definition) is 3. The molecule has 1 fully saturated rings. The van der Waals surface area contributed by atoms with Crippen LogP contribution in [0, 0.1) is 10.1 Å². The molecular weight excluding hydrogens is 136 g/mol. The van der Waals surface area contributed by atoms with E-state index in [4.69, 9.17) is 0 Å². The molecule has 0 aromatic heterocycles. The fourth-order valence-corrected chi connectivity index (χ4v) is 0.900. The molecule has 0 aliphatic carbocycles. The van der Waals surface area contributed by atoms with Crippen LogP contribution in [0.3, 0.4) is 0 Å². The predicted molar refractivity (Wildman–Crippen MR) is 33.0 cm³/mol. The Morgan fingerprint density at radius 1 is 1.70 bits per heavy atom. The molecule has 0 bridgehead atoms. The van der Waals surface area contributed by atoms with Crippen LogP contribution < -0.4 is 5.32 Å². The highest BCUT2D eigenvalue weighted by Crippen LogP contribution is 2.04. The maximum absolute atomic E-state index is 10.5. The van der Waals surface area contributed by atoms with E-state index in [1.54, 1.807) is 0 Å². The molecular formula is C5H8N2O3. The third-order valence-electron chi connectivity index (χ3n) is 1.54. The van der Waals surface area contributed by atoms with Gasteiger partial charge in [-0.15, -0.1) is 0 Å². The van der Waals surface area contributed by atoms with Crippen molar-refractivity contribution in [3.63, 3.8) is 0 Å². The molecule has 1 atom stereocenters. The van der Waals surface area contributed by atoms with Gasteiger partial charge in [-0.05, 0) is 0 Å². The second-order valence-electron chi connectivity index (χ2n) is 2.28. The highest BCUT2D eigenvalue weighted by atomic mass is 16.6. The van der Waals surface area contributed by atoms with E-state index in [-0.39, 0.29) is 23.8 Å². The number of carbonyl (C=O) groups excluding carboxylic acids is 1. The number of nitrogens with zero attached hydrogens (tertiary/aromatic N) is 1. The van der Waals surface area contributed by atoms with Gasteiger partial charge in [0, 0.05) is 17.8 Å². The van der Waals surface area contributed by atoms with Crippen molar-refractivity contribution in [2.45, 2.75) is 18.9 Å². The third kappa shape index (κ3) is 1.43. The molecule has 1 aliphatic heterocycles. The first-order chi connectivity index (χ1) is 4.70. The van der Waals surface area contributed by atoms with Gasteiger partial charge in [-0.3, -0.25) is 14.9 Å². The summed E-state index contributed by atoms with van der Waals surface area (Å²) in [5.74, 6) is -0.0851. The van der Waals surface area contributed by atoms with Gasteiger partial charge >= 0.3 is 0 Å². The van der Waals surface area contributed by atoms with Crippen LogP contribution in [0.1, 0.15) is 12.8 Å². The summed E-state index contributed by atoms with van der Waals surface area (Å²) in [6, 6.07) is -0.572. The molecule has 1 aliphatic rings. The largest absolute Gasteiger partial charge is 0.349 e. The summed E-state index contributed by atoms with van der Waals surface area (Å²) in [6.45, 7) is 0.186. The van der Waals surface area contributed by atoms with Crippen LogP contribution in [-0.4, -0.2) is 23.4 Å². The first-order valence-corrected chi connectivity index (χ1v) is 3.10. The minimum Gasteiger partial charge on any atom is -0.349 e. The number of piperidine rings is 1. The molecule has 0 spiro atoms. The maximum atomic E-state index is 10.5. The maximum Gasteiger partial charge on any atom is 0.230 e. The van der Waals surface area contributed by atoms with Gasteiger partial charge in [0.1, 0.15) is 0 Å². The Bertz CT molecular complexity index is 158. The van der Waals surface area contributed by atoms with Crippen molar-refractivity contribution in [2.75, 3.05) is 6.54 Å². The molecule has 10 heavy (non-hydrogen) atoms. The molecule has 1 saturated heterocycles. The highest BCUT2D eigenvalue weighted by molar-refractivity contribution is 5.76. The number of hydrogen-bond donors (Lipinski definition) is 1. The van der Waals surface area contributed by atoms with Gasteiger partial charge in [-0.1, -0.05) is 0 Å². The van der Waals surface area contributed by atoms with E-state index in [2.05, 4.69) is 5.32 Å². The first kappa shape index (κ1) is 6.98. The molecule has 0 aromatic carbocycles. The van der Waals surface area contributed by atoms with Gasteiger partial charge in [0.25, 0.3) is 0 Å². The van der Waals surface area contributed by atoms with Crippen molar-refractivity contribution in [3.05, 3.63) is 10.1 Å². The van der Waals surface area contributed by atoms with Crippen LogP contribution in [0.2, 0.25) is 0 Å². The van der Waals surface area contributed by atoms with E-state index in [9.17, 15) is 14.9 Å². The molecule has 1 amide bonds. The molecule has 0 radical (unpaired) electrons. The zero-order valence-corrected chi connectivity index (χ0v) is 5.37. The van der Waals surface area contributed by atoms with Crippen LogP contribution in [0.15, 0.2) is 0 Å². The lowest BCUT2D eigenvalue weighted by molar-refractivity contribution is -0.521. The Morgan fingerprint density at radius 2 is 2.40 bits per heavy atom. The standard InChI is InChI=1S/C5H8N2O3/c8-5-2-1-4(3-6-5)7(9)10/h4H,1-3H2,(H,6,8). The van der Waals surface area contributed by atoms with Gasteiger partial charge in [-0.25, -0.2) is 0 Å². The number of nitrogens with one attached hydrogen (secondary N) is 1. The van der Waals surface area contributed by atoms with Gasteiger partial charge < -0.3 is 5.32 Å². The minimum atomic E-state index is -0.572. The van der Waals surface area contributed by atoms with Crippen molar-refractivity contribution >= 4 is 5.91 Å². The molecule has 56 valence electrons. The molecule has 1 unspecified atom stereocenters. The second-order valence-corrected chi connectivity index (χ2v) is 2.28. The van der Waals surface area contributed by atoms with Gasteiger partial charge in [0.05, 0.1) is 6.54 Å². The molecule has 5 heteroatoms. The van der Waals surface area contributed by atoms with Crippen LogP contribution >= 0.6 is 0 Å². The molecule has 1 rings (SSSR count). The Labute approximate surface area is 57.6 Å². The lowest BCUT2D eigenvalue weighted by Crippen LogP contribution is -2.41. The zero-order chi connectivity index (χ0) is 7.56. The Kier molecular flexibility index (Phi) is 1.84. The summed E-state index contributed by atoms with van der Waals surface area (Å²) in [5.41, 5.74) is 0. The van der Waals surface area contributed by atoms with E-state index in [1.807, 2.05) is 0 Å². The quantitative estimate of drug-likeness (QED) is 0.400. The normalized spacial score (nSPS) is 25.6. The van der Waals surface area contributed by atoms with Crippen LogP contribution in [-0.2, 0) is 4.79 Å². The summed E-state index contributed by atoms with van der Waals surface area (Å²) in [6.07, 6.45) is 0.657. The molecule has 5 nitrogen and oxygen atoms in total. The van der Waals surface area contributed by atoms with E-state index >= 15 is 0 Å². The van der Waals surface area contributed by atoms with Crippen LogP contribution in [0.5, 0.6) is 0 Å². The van der Waals surface area contributed by atoms with E-state index in [1.165, 1.54) is 0 Å². The monoisotopic (exact) mass is 144 g/mol. The van der Waals surface area contributed by atoms with Crippen molar-refractivity contribution in [1.29, 1.82) is 0 Å². The van der Waals surface area contributed by atoms with Crippen molar-refractivity contribution < 1.29 is 9.72 Å². The van der Waals surface area contributed by atoms with Crippen LogP contribution in [0.25, 0.3) is 0 Å². The van der Waals surface area contributed by atoms with Gasteiger partial charge in [0.15, 0.2) is 0 Å². The summed E-state index contributed by atoms with van der Waals surface area (Å²) in [7, 11) is 0. The minimum absolute atomic E-state index is 0.0851. The average molecular weight is 144 g/mol. The Morgan fingerprint density at radius 3 is 2.80 bits per heavy atom. The summed E-state index contributed by atoms with van der Waals surface area (Å²) in [4.78, 5) is 20.3. The average Bonchev–Trinajstić information content (AvgIpc) is 1.88. The SMILES string of the molecule is O=C1CCC([N+](=O)[O-])CN1. The fourth-order valence-electron chi connectivity index (χ4n) is 0.900. The summed E-state index contributed by atoms with van der Waals surface area (Å²) in [5, 5.41) is 12.5. The Balaban J connectivity index is 2.40. The zero-order valence-electron chi connectivity index (χ0n) is 5.37. The lowest BCUT2D eigenvalue weighted by atomic mass is 10.1. The number of carbonyl (C=O) groups is 1. The fraction of sp³-hybridized carbons (Fsp3) is 0.800. The number of rotatable bonds is 1. The lowest BCUT2D eigenvalue weighted by Gasteiger charge is -2.14.